The van der Waals surface area contributed by atoms with Crippen LogP contribution in [0.1, 0.15) is 42.1 Å². The number of aromatic nitrogens is 2. The van der Waals surface area contributed by atoms with E-state index in [-0.39, 0.29) is 31.0 Å². The van der Waals surface area contributed by atoms with Gasteiger partial charge in [-0.2, -0.15) is 0 Å². The van der Waals surface area contributed by atoms with Gasteiger partial charge in [-0.25, -0.2) is 23.1 Å². The lowest BCUT2D eigenvalue weighted by molar-refractivity contribution is -0.153. The van der Waals surface area contributed by atoms with Crippen molar-refractivity contribution >= 4 is 28.3 Å². The van der Waals surface area contributed by atoms with E-state index in [1.165, 1.54) is 23.5 Å². The Kier molecular flexibility index (Phi) is 6.50. The topological polar surface area (TPSA) is 78.3 Å². The molecule has 1 fully saturated rings. The average Bonchev–Trinajstić information content (AvgIpc) is 3.44. The highest BCUT2D eigenvalue weighted by Gasteiger charge is 2.46. The number of rotatable bonds is 7. The number of piperidine rings is 1. The zero-order valence-electron chi connectivity index (χ0n) is 19.8. The van der Waals surface area contributed by atoms with Gasteiger partial charge in [-0.1, -0.05) is 18.2 Å². The third-order valence-corrected chi connectivity index (χ3v) is 8.05. The van der Waals surface area contributed by atoms with Crippen molar-refractivity contribution in [3.05, 3.63) is 70.1 Å². The number of pyridine rings is 1. The second-order valence-corrected chi connectivity index (χ2v) is 10.8. The van der Waals surface area contributed by atoms with Crippen LogP contribution in [-0.2, 0) is 30.6 Å². The number of anilines is 2. The summed E-state index contributed by atoms with van der Waals surface area (Å²) in [5.74, 6) is -3.84. The van der Waals surface area contributed by atoms with Crippen LogP contribution in [0.25, 0.3) is 0 Å². The number of alkyl halides is 2. The van der Waals surface area contributed by atoms with Gasteiger partial charge in [0, 0.05) is 43.4 Å². The second-order valence-electron chi connectivity index (χ2n) is 9.89. The van der Waals surface area contributed by atoms with Gasteiger partial charge in [0.2, 0.25) is 0 Å². The van der Waals surface area contributed by atoms with Crippen molar-refractivity contribution in [3.8, 4) is 0 Å². The SMILES string of the molecule is CC1CC(Cc2nc(Nc3nccs3)ccc2F)(C(=O)O)CCN1Cc1cccc2c1CC(F)(F)C2. The summed E-state index contributed by atoms with van der Waals surface area (Å²) < 4.78 is 42.7. The molecule has 2 aliphatic rings. The molecule has 6 nitrogen and oxygen atoms in total. The van der Waals surface area contributed by atoms with E-state index in [0.717, 1.165) is 5.56 Å². The predicted octanol–water partition coefficient (Wildman–Crippen LogP) is 5.45. The summed E-state index contributed by atoms with van der Waals surface area (Å²) in [6, 6.07) is 8.11. The van der Waals surface area contributed by atoms with E-state index in [0.29, 0.717) is 48.0 Å². The van der Waals surface area contributed by atoms with Gasteiger partial charge >= 0.3 is 5.97 Å². The fourth-order valence-electron chi connectivity index (χ4n) is 5.48. The molecule has 2 aromatic heterocycles. The van der Waals surface area contributed by atoms with Crippen molar-refractivity contribution in [2.24, 2.45) is 5.41 Å². The average molecular weight is 517 g/mol. The van der Waals surface area contributed by atoms with Crippen LogP contribution in [0.15, 0.2) is 41.9 Å². The highest BCUT2D eigenvalue weighted by atomic mass is 32.1. The number of thiazole rings is 1. The molecule has 0 saturated carbocycles. The first-order chi connectivity index (χ1) is 17.1. The van der Waals surface area contributed by atoms with Crippen molar-refractivity contribution in [1.82, 2.24) is 14.9 Å². The van der Waals surface area contributed by atoms with E-state index >= 15 is 0 Å². The molecule has 1 saturated heterocycles. The molecule has 2 unspecified atom stereocenters. The van der Waals surface area contributed by atoms with Crippen LogP contribution >= 0.6 is 11.3 Å². The Labute approximate surface area is 211 Å². The van der Waals surface area contributed by atoms with Gasteiger partial charge in [-0.15, -0.1) is 11.3 Å². The lowest BCUT2D eigenvalue weighted by atomic mass is 9.72. The van der Waals surface area contributed by atoms with Gasteiger partial charge in [0.15, 0.2) is 5.13 Å². The van der Waals surface area contributed by atoms with Gasteiger partial charge in [-0.3, -0.25) is 9.69 Å². The van der Waals surface area contributed by atoms with Crippen molar-refractivity contribution in [2.45, 2.75) is 57.5 Å². The maximum atomic E-state index is 14.7. The smallest absolute Gasteiger partial charge is 0.310 e. The molecular formula is C26H27F3N4O2S. The van der Waals surface area contributed by atoms with Crippen LogP contribution in [0.4, 0.5) is 24.1 Å². The van der Waals surface area contributed by atoms with Crippen LogP contribution in [0.2, 0.25) is 0 Å². The third kappa shape index (κ3) is 4.97. The Morgan fingerprint density at radius 3 is 2.83 bits per heavy atom. The second kappa shape index (κ2) is 9.48. The minimum atomic E-state index is -2.72. The van der Waals surface area contributed by atoms with Gasteiger partial charge in [0.1, 0.15) is 11.6 Å². The Morgan fingerprint density at radius 1 is 1.28 bits per heavy atom. The van der Waals surface area contributed by atoms with Crippen molar-refractivity contribution < 1.29 is 23.1 Å². The molecule has 3 heterocycles. The van der Waals surface area contributed by atoms with Crippen molar-refractivity contribution in [1.29, 1.82) is 0 Å². The number of halogens is 3. The summed E-state index contributed by atoms with van der Waals surface area (Å²) in [7, 11) is 0. The van der Waals surface area contributed by atoms with Gasteiger partial charge < -0.3 is 10.4 Å². The number of hydrogen-bond donors (Lipinski definition) is 2. The minimum absolute atomic E-state index is 0.0350. The summed E-state index contributed by atoms with van der Waals surface area (Å²) in [6.07, 6.45) is 1.73. The molecule has 1 aliphatic heterocycles. The predicted molar refractivity (Wildman–Crippen MR) is 131 cm³/mol. The van der Waals surface area contributed by atoms with Gasteiger partial charge in [0.25, 0.3) is 5.92 Å². The van der Waals surface area contributed by atoms with Crippen LogP contribution < -0.4 is 5.32 Å². The molecule has 1 aromatic carbocycles. The van der Waals surface area contributed by atoms with Crippen molar-refractivity contribution in [2.75, 3.05) is 11.9 Å². The summed E-state index contributed by atoms with van der Waals surface area (Å²) >= 11 is 1.38. The number of fused-ring (bicyclic) bond motifs is 1. The third-order valence-electron chi connectivity index (χ3n) is 7.36. The van der Waals surface area contributed by atoms with E-state index in [4.69, 9.17) is 0 Å². The number of hydrogen-bond acceptors (Lipinski definition) is 6. The lowest BCUT2D eigenvalue weighted by Gasteiger charge is -2.43. The quantitative estimate of drug-likeness (QED) is 0.435. The van der Waals surface area contributed by atoms with Crippen molar-refractivity contribution in [3.63, 3.8) is 0 Å². The Bertz CT molecular complexity index is 1270. The number of carboxylic acid groups (broad SMARTS) is 1. The molecule has 2 atom stereocenters. The number of carbonyl (C=O) groups is 1. The fourth-order valence-corrected chi connectivity index (χ4v) is 6.02. The molecule has 1 aliphatic carbocycles. The van der Waals surface area contributed by atoms with E-state index in [9.17, 15) is 23.1 Å². The van der Waals surface area contributed by atoms with Crippen LogP contribution in [0, 0.1) is 11.2 Å². The molecule has 2 N–H and O–H groups in total. The first kappa shape index (κ1) is 24.7. The number of likely N-dealkylation sites (tertiary alicyclic amines) is 1. The molecule has 0 radical (unpaired) electrons. The number of aliphatic carboxylic acids is 1. The molecule has 10 heteroatoms. The molecule has 190 valence electrons. The van der Waals surface area contributed by atoms with E-state index < -0.39 is 23.1 Å². The molecule has 0 bridgehead atoms. The Hall–Kier alpha value is -2.98. The monoisotopic (exact) mass is 516 g/mol. The number of nitrogens with zero attached hydrogens (tertiary/aromatic N) is 3. The molecular weight excluding hydrogens is 489 g/mol. The molecule has 5 rings (SSSR count). The minimum Gasteiger partial charge on any atom is -0.481 e. The summed E-state index contributed by atoms with van der Waals surface area (Å²) in [5.41, 5.74) is 1.20. The zero-order chi connectivity index (χ0) is 25.5. The van der Waals surface area contributed by atoms with E-state index in [2.05, 4.69) is 20.2 Å². The standard InChI is InChI=1S/C26H27F3N4O2S/c1-16-11-25(23(34)35,14-21-20(27)5-6-22(31-21)32-24-30-8-10-36-24)7-9-33(16)15-18-4-2-3-17-12-26(28,29)13-19(17)18/h2-6,8,10,16H,7,9,11-15H2,1H3,(H,34,35)(H,30,31,32). The van der Waals surface area contributed by atoms with Gasteiger partial charge in [0.05, 0.1) is 11.1 Å². The lowest BCUT2D eigenvalue weighted by Crippen LogP contribution is -2.50. The number of benzene rings is 1. The molecule has 0 spiro atoms. The maximum absolute atomic E-state index is 14.7. The Balaban J connectivity index is 1.32. The number of nitrogens with one attached hydrogen (secondary N) is 1. The summed E-state index contributed by atoms with van der Waals surface area (Å²) in [6.45, 7) is 2.89. The first-order valence-corrected chi connectivity index (χ1v) is 12.8. The van der Waals surface area contributed by atoms with E-state index in [1.54, 1.807) is 17.6 Å². The summed E-state index contributed by atoms with van der Waals surface area (Å²) in [5, 5.41) is 15.7. The summed E-state index contributed by atoms with van der Waals surface area (Å²) in [4.78, 5) is 23.1. The Morgan fingerprint density at radius 2 is 2.11 bits per heavy atom. The highest BCUT2D eigenvalue weighted by molar-refractivity contribution is 7.13. The largest absolute Gasteiger partial charge is 0.481 e. The van der Waals surface area contributed by atoms with Gasteiger partial charge in [-0.05, 0) is 55.1 Å². The molecule has 3 aromatic rings. The van der Waals surface area contributed by atoms with Crippen LogP contribution in [0.5, 0.6) is 0 Å². The van der Waals surface area contributed by atoms with E-state index in [1.807, 2.05) is 19.1 Å². The molecule has 36 heavy (non-hydrogen) atoms. The molecule has 0 amide bonds. The first-order valence-electron chi connectivity index (χ1n) is 11.9. The maximum Gasteiger partial charge on any atom is 0.310 e. The zero-order valence-corrected chi connectivity index (χ0v) is 20.6. The van der Waals surface area contributed by atoms with Crippen LogP contribution in [0.3, 0.4) is 0 Å². The number of carboxylic acids is 1. The highest BCUT2D eigenvalue weighted by Crippen LogP contribution is 2.41. The normalized spacial score (nSPS) is 23.4. The van der Waals surface area contributed by atoms with Crippen LogP contribution in [-0.4, -0.2) is 44.5 Å². The fraction of sp³-hybridized carbons (Fsp3) is 0.423.